The molecule has 1 saturated heterocycles. The Morgan fingerprint density at radius 3 is 2.33 bits per heavy atom. The van der Waals surface area contributed by atoms with Crippen LogP contribution < -0.4 is 20.9 Å². The highest BCUT2D eigenvalue weighted by Gasteiger charge is 2.41. The van der Waals surface area contributed by atoms with Crippen LogP contribution in [0.15, 0.2) is 18.2 Å². The number of amides is 2. The number of anilines is 3. The molecule has 49 heavy (non-hydrogen) atoms. The van der Waals surface area contributed by atoms with Crippen LogP contribution in [0.2, 0.25) is 10.0 Å². The Bertz CT molecular complexity index is 1680. The molecule has 2 amide bonds. The van der Waals surface area contributed by atoms with E-state index in [-0.39, 0.29) is 82.4 Å². The number of fused-ring (bicyclic) bond motifs is 1. The van der Waals surface area contributed by atoms with Crippen LogP contribution >= 0.6 is 23.2 Å². The first-order valence-electron chi connectivity index (χ1n) is 15.9. The van der Waals surface area contributed by atoms with E-state index in [4.69, 9.17) is 27.9 Å². The fourth-order valence-corrected chi connectivity index (χ4v) is 6.39. The van der Waals surface area contributed by atoms with Crippen LogP contribution in [0.5, 0.6) is 0 Å². The monoisotopic (exact) mass is 733 g/mol. The second-order valence-electron chi connectivity index (χ2n) is 13.3. The summed E-state index contributed by atoms with van der Waals surface area (Å²) in [5.74, 6) is -2.02. The van der Waals surface area contributed by atoms with Gasteiger partial charge in [-0.05, 0) is 43.4 Å². The number of carbonyl (C=O) groups excluding carboxylic acids is 2. The van der Waals surface area contributed by atoms with E-state index >= 15 is 0 Å². The molecule has 2 aromatic heterocycles. The average Bonchev–Trinajstić information content (AvgIpc) is 3.36. The standard InChI is InChI=1S/C32H38Cl2F5N7O3/c1-31(2,3)29(48)40-15-17-4-9-21(33)25(24(17)34)43-30-42-22-14-20(28(47)41-19-7-5-18(6-8-19)32(37,38)39)26(45-10-12-49-13-11-45)44-27(22)46(30)16-23(35)36/h4,9,14,18-19,23H,5-8,10-13,15-16H2,1-3H3,(H,40,48)(H,41,47)(H,42,43)/t18-,19-. The molecular weight excluding hydrogens is 696 g/mol. The molecule has 2 aliphatic rings. The van der Waals surface area contributed by atoms with Crippen LogP contribution in [0.3, 0.4) is 0 Å². The minimum Gasteiger partial charge on any atom is -0.378 e. The highest BCUT2D eigenvalue weighted by molar-refractivity contribution is 6.39. The number of hydrogen-bond acceptors (Lipinski definition) is 7. The van der Waals surface area contributed by atoms with Crippen LogP contribution in [0.4, 0.5) is 39.4 Å². The Labute approximate surface area is 290 Å². The zero-order valence-corrected chi connectivity index (χ0v) is 28.7. The second-order valence-corrected chi connectivity index (χ2v) is 14.0. The minimum atomic E-state index is -4.28. The molecule has 3 N–H and O–H groups in total. The molecule has 0 spiro atoms. The molecule has 1 aliphatic carbocycles. The van der Waals surface area contributed by atoms with E-state index in [2.05, 4.69) is 25.9 Å². The molecule has 1 saturated carbocycles. The number of ether oxygens (including phenoxy) is 1. The molecule has 17 heteroatoms. The van der Waals surface area contributed by atoms with Crippen molar-refractivity contribution in [2.24, 2.45) is 11.3 Å². The number of aromatic nitrogens is 3. The normalized spacial score (nSPS) is 19.0. The van der Waals surface area contributed by atoms with Gasteiger partial charge in [0, 0.05) is 31.1 Å². The SMILES string of the molecule is CC(C)(C)C(=O)NCc1ccc(Cl)c(Nc2nc3cc(C(=O)N[C@H]4CC[C@H](C(F)(F)F)CC4)c(N4CCOCC4)nc3n2CC(F)F)c1Cl. The molecule has 0 unspecified atom stereocenters. The van der Waals surface area contributed by atoms with Crippen molar-refractivity contribution in [3.63, 3.8) is 0 Å². The maximum absolute atomic E-state index is 14.0. The van der Waals surface area contributed by atoms with Crippen molar-refractivity contribution < 1.29 is 36.3 Å². The zero-order chi connectivity index (χ0) is 35.7. The number of hydrogen-bond donors (Lipinski definition) is 3. The van der Waals surface area contributed by atoms with Crippen molar-refractivity contribution in [2.75, 3.05) is 36.5 Å². The quantitative estimate of drug-likeness (QED) is 0.201. The molecule has 10 nitrogen and oxygen atoms in total. The fraction of sp³-hybridized carbons (Fsp3) is 0.562. The zero-order valence-electron chi connectivity index (χ0n) is 27.2. The number of alkyl halides is 5. The maximum Gasteiger partial charge on any atom is 0.391 e. The third-order valence-electron chi connectivity index (χ3n) is 8.63. The Balaban J connectivity index is 1.50. The van der Waals surface area contributed by atoms with Gasteiger partial charge in [-0.3, -0.25) is 14.2 Å². The lowest BCUT2D eigenvalue weighted by atomic mass is 9.85. The Kier molecular flexibility index (Phi) is 11.1. The van der Waals surface area contributed by atoms with Gasteiger partial charge in [0.25, 0.3) is 12.3 Å². The van der Waals surface area contributed by atoms with Crippen molar-refractivity contribution >= 4 is 63.6 Å². The van der Waals surface area contributed by atoms with Crippen LogP contribution in [0.25, 0.3) is 11.2 Å². The van der Waals surface area contributed by atoms with E-state index in [0.29, 0.717) is 31.9 Å². The van der Waals surface area contributed by atoms with Gasteiger partial charge in [-0.15, -0.1) is 0 Å². The minimum absolute atomic E-state index is 0.0624. The van der Waals surface area contributed by atoms with Crippen molar-refractivity contribution in [3.05, 3.63) is 39.4 Å². The number of halogens is 7. The average molecular weight is 735 g/mol. The van der Waals surface area contributed by atoms with Crippen LogP contribution in [0.1, 0.15) is 62.4 Å². The maximum atomic E-state index is 14.0. The third kappa shape index (κ3) is 8.66. The number of morpholine rings is 1. The van der Waals surface area contributed by atoms with Gasteiger partial charge in [0.2, 0.25) is 11.9 Å². The summed E-state index contributed by atoms with van der Waals surface area (Å²) in [7, 11) is 0. The number of pyridine rings is 1. The first kappa shape index (κ1) is 36.8. The molecule has 0 radical (unpaired) electrons. The van der Waals surface area contributed by atoms with Crippen LogP contribution in [-0.4, -0.2) is 71.3 Å². The summed E-state index contributed by atoms with van der Waals surface area (Å²) in [6.45, 7) is 5.99. The first-order chi connectivity index (χ1) is 23.0. The van der Waals surface area contributed by atoms with Gasteiger partial charge in [0.1, 0.15) is 11.3 Å². The van der Waals surface area contributed by atoms with Crippen LogP contribution in [-0.2, 0) is 22.6 Å². The fourth-order valence-electron chi connectivity index (χ4n) is 5.86. The number of imidazole rings is 1. The van der Waals surface area contributed by atoms with Gasteiger partial charge in [-0.1, -0.05) is 50.0 Å². The molecule has 1 aliphatic heterocycles. The number of rotatable bonds is 9. The lowest BCUT2D eigenvalue weighted by Crippen LogP contribution is -2.42. The number of nitrogens with one attached hydrogen (secondary N) is 3. The molecular formula is C32H38Cl2F5N7O3. The highest BCUT2D eigenvalue weighted by atomic mass is 35.5. The largest absolute Gasteiger partial charge is 0.391 e. The summed E-state index contributed by atoms with van der Waals surface area (Å²) in [4.78, 5) is 37.1. The number of benzene rings is 1. The van der Waals surface area contributed by atoms with Gasteiger partial charge < -0.3 is 25.6 Å². The highest BCUT2D eigenvalue weighted by Crippen LogP contribution is 2.39. The van der Waals surface area contributed by atoms with Gasteiger partial charge in [-0.2, -0.15) is 13.2 Å². The van der Waals surface area contributed by atoms with E-state index in [1.165, 1.54) is 10.6 Å². The predicted octanol–water partition coefficient (Wildman–Crippen LogP) is 7.10. The molecule has 3 aromatic rings. The number of carbonyl (C=O) groups is 2. The Morgan fingerprint density at radius 2 is 1.71 bits per heavy atom. The predicted molar refractivity (Wildman–Crippen MR) is 177 cm³/mol. The molecule has 0 atom stereocenters. The van der Waals surface area contributed by atoms with Gasteiger partial charge in [-0.25, -0.2) is 18.7 Å². The van der Waals surface area contributed by atoms with E-state index in [0.717, 1.165) is 0 Å². The molecule has 268 valence electrons. The third-order valence-corrected chi connectivity index (χ3v) is 9.38. The summed E-state index contributed by atoms with van der Waals surface area (Å²) in [5.41, 5.74) is 0.318. The van der Waals surface area contributed by atoms with E-state index in [1.807, 2.05) is 0 Å². The van der Waals surface area contributed by atoms with Gasteiger partial charge in [0.05, 0.1) is 47.0 Å². The van der Waals surface area contributed by atoms with E-state index in [1.54, 1.807) is 37.8 Å². The summed E-state index contributed by atoms with van der Waals surface area (Å²) in [5, 5.41) is 8.94. The van der Waals surface area contributed by atoms with E-state index in [9.17, 15) is 31.5 Å². The molecule has 3 heterocycles. The van der Waals surface area contributed by atoms with Crippen molar-refractivity contribution in [1.82, 2.24) is 25.2 Å². The topological polar surface area (TPSA) is 113 Å². The number of nitrogens with zero attached hydrogens (tertiary/aromatic N) is 4. The molecule has 2 fully saturated rings. The smallest absolute Gasteiger partial charge is 0.378 e. The Morgan fingerprint density at radius 1 is 1.04 bits per heavy atom. The molecule has 0 bridgehead atoms. The summed E-state index contributed by atoms with van der Waals surface area (Å²) in [6.07, 6.45) is -6.96. The second kappa shape index (κ2) is 14.8. The van der Waals surface area contributed by atoms with Crippen LogP contribution in [0, 0.1) is 11.3 Å². The van der Waals surface area contributed by atoms with Gasteiger partial charge >= 0.3 is 6.18 Å². The van der Waals surface area contributed by atoms with E-state index < -0.39 is 42.4 Å². The van der Waals surface area contributed by atoms with Crippen molar-refractivity contribution in [1.29, 1.82) is 0 Å². The van der Waals surface area contributed by atoms with Crippen molar-refractivity contribution in [3.8, 4) is 0 Å². The van der Waals surface area contributed by atoms with Crippen molar-refractivity contribution in [2.45, 2.75) is 78.2 Å². The first-order valence-corrected chi connectivity index (χ1v) is 16.7. The lowest BCUT2D eigenvalue weighted by molar-refractivity contribution is -0.182. The Hall–Kier alpha value is -3.43. The molecule has 5 rings (SSSR count). The molecule has 1 aromatic carbocycles. The summed E-state index contributed by atoms with van der Waals surface area (Å²) >= 11 is 13.2. The lowest BCUT2D eigenvalue weighted by Gasteiger charge is -2.31. The van der Waals surface area contributed by atoms with Gasteiger partial charge in [0.15, 0.2) is 5.65 Å². The summed E-state index contributed by atoms with van der Waals surface area (Å²) in [6, 6.07) is 4.15. The summed E-state index contributed by atoms with van der Waals surface area (Å²) < 4.78 is 74.3.